The van der Waals surface area contributed by atoms with Gasteiger partial charge in [0.25, 0.3) is 0 Å². The van der Waals surface area contributed by atoms with Crippen LogP contribution in [0.25, 0.3) is 6.08 Å². The molecule has 1 heterocycles. The number of carbonyl (C=O) groups excluding carboxylic acids is 1. The van der Waals surface area contributed by atoms with E-state index in [1.165, 1.54) is 32.4 Å². The van der Waals surface area contributed by atoms with Gasteiger partial charge in [0, 0.05) is 17.2 Å². The Morgan fingerprint density at radius 2 is 1.93 bits per heavy atom. The van der Waals surface area contributed by atoms with Crippen LogP contribution in [-0.4, -0.2) is 35.9 Å². The van der Waals surface area contributed by atoms with Gasteiger partial charge in [0.05, 0.1) is 24.7 Å². The van der Waals surface area contributed by atoms with Crippen LogP contribution in [0.2, 0.25) is 0 Å². The summed E-state index contributed by atoms with van der Waals surface area (Å²) < 4.78 is 10.4. The summed E-state index contributed by atoms with van der Waals surface area (Å²) in [5.41, 5.74) is 0.367. The summed E-state index contributed by atoms with van der Waals surface area (Å²) in [6, 6.07) is 8.91. The molecular formula is C18H14N2O7. The van der Waals surface area contributed by atoms with E-state index in [0.717, 1.165) is 6.07 Å². The van der Waals surface area contributed by atoms with Crippen molar-refractivity contribution in [3.8, 4) is 17.2 Å². The van der Waals surface area contributed by atoms with Crippen molar-refractivity contribution in [2.45, 2.75) is 0 Å². The molecule has 1 aliphatic rings. The third-order valence-corrected chi connectivity index (χ3v) is 3.89. The molecule has 0 fully saturated rings. The van der Waals surface area contributed by atoms with E-state index >= 15 is 0 Å². The summed E-state index contributed by atoms with van der Waals surface area (Å²) in [5.74, 6) is -0.379. The number of nitro groups is 1. The number of rotatable bonds is 5. The molecule has 0 bridgehead atoms. The van der Waals surface area contributed by atoms with E-state index in [1.54, 1.807) is 18.2 Å². The Kier molecular flexibility index (Phi) is 4.75. The Hall–Kier alpha value is -3.88. The van der Waals surface area contributed by atoms with Crippen LogP contribution < -0.4 is 9.47 Å². The molecule has 0 aliphatic carbocycles. The zero-order valence-electron chi connectivity index (χ0n) is 14.3. The number of hydrogen-bond acceptors (Lipinski definition) is 8. The fourth-order valence-corrected chi connectivity index (χ4v) is 2.57. The number of aromatic hydroxyl groups is 1. The van der Waals surface area contributed by atoms with Crippen molar-refractivity contribution < 1.29 is 29.1 Å². The van der Waals surface area contributed by atoms with Crippen LogP contribution in [0, 0.1) is 10.1 Å². The van der Waals surface area contributed by atoms with Crippen LogP contribution in [0.15, 0.2) is 47.1 Å². The standard InChI is InChI=1S/C18H14N2O7/c1-25-14-7-6-10(9-15(14)26-2)16-12(18(22)27-19-16)8-11-4-3-5-13(17(11)21)20(23)24/h3-9,21H,1-2H3/b12-8+. The molecule has 0 atom stereocenters. The molecule has 2 aromatic carbocycles. The van der Waals surface area contributed by atoms with Gasteiger partial charge >= 0.3 is 11.7 Å². The minimum absolute atomic E-state index is 0.0398. The van der Waals surface area contributed by atoms with Gasteiger partial charge in [-0.3, -0.25) is 10.1 Å². The quantitative estimate of drug-likeness (QED) is 0.372. The van der Waals surface area contributed by atoms with Crippen molar-refractivity contribution in [2.24, 2.45) is 5.16 Å². The van der Waals surface area contributed by atoms with Crippen molar-refractivity contribution in [3.63, 3.8) is 0 Å². The lowest BCUT2D eigenvalue weighted by Crippen LogP contribution is -2.07. The molecule has 3 rings (SSSR count). The first-order chi connectivity index (χ1) is 13.0. The van der Waals surface area contributed by atoms with Gasteiger partial charge in [0.15, 0.2) is 11.5 Å². The highest BCUT2D eigenvalue weighted by Gasteiger charge is 2.28. The van der Waals surface area contributed by atoms with Gasteiger partial charge in [-0.25, -0.2) is 4.79 Å². The van der Waals surface area contributed by atoms with Crippen molar-refractivity contribution in [2.75, 3.05) is 14.2 Å². The first-order valence-electron chi connectivity index (χ1n) is 7.66. The first kappa shape index (κ1) is 17.9. The van der Waals surface area contributed by atoms with Crippen LogP contribution in [0.4, 0.5) is 5.69 Å². The highest BCUT2D eigenvalue weighted by atomic mass is 16.7. The molecule has 138 valence electrons. The van der Waals surface area contributed by atoms with Crippen LogP contribution in [0.3, 0.4) is 0 Å². The summed E-state index contributed by atoms with van der Waals surface area (Å²) in [5, 5.41) is 24.8. The molecule has 0 aromatic heterocycles. The van der Waals surface area contributed by atoms with Crippen molar-refractivity contribution in [1.29, 1.82) is 0 Å². The zero-order valence-corrected chi connectivity index (χ0v) is 14.3. The molecule has 0 saturated heterocycles. The monoisotopic (exact) mass is 370 g/mol. The van der Waals surface area contributed by atoms with E-state index in [2.05, 4.69) is 5.16 Å². The predicted octanol–water partition coefficient (Wildman–Crippen LogP) is 2.66. The summed E-state index contributed by atoms with van der Waals surface area (Å²) in [6.07, 6.45) is 1.28. The Bertz CT molecular complexity index is 995. The van der Waals surface area contributed by atoms with Crippen LogP contribution >= 0.6 is 0 Å². The zero-order chi connectivity index (χ0) is 19.6. The van der Waals surface area contributed by atoms with Gasteiger partial charge in [0.1, 0.15) is 5.71 Å². The number of benzene rings is 2. The summed E-state index contributed by atoms with van der Waals surface area (Å²) in [6.45, 7) is 0. The number of oxime groups is 1. The molecule has 9 heteroatoms. The SMILES string of the molecule is COc1ccc(C2=NOC(=O)/C2=C/c2cccc([N+](=O)[O-])c2O)cc1OC. The lowest BCUT2D eigenvalue weighted by atomic mass is 9.99. The maximum atomic E-state index is 12.1. The maximum absolute atomic E-state index is 12.1. The van der Waals surface area contributed by atoms with E-state index in [-0.39, 0.29) is 16.8 Å². The topological polar surface area (TPSA) is 120 Å². The molecule has 27 heavy (non-hydrogen) atoms. The largest absolute Gasteiger partial charge is 0.502 e. The predicted molar refractivity (Wildman–Crippen MR) is 94.9 cm³/mol. The maximum Gasteiger partial charge on any atom is 0.368 e. The van der Waals surface area contributed by atoms with Crippen molar-refractivity contribution in [3.05, 3.63) is 63.2 Å². The van der Waals surface area contributed by atoms with Gasteiger partial charge in [-0.15, -0.1) is 0 Å². The molecule has 0 spiro atoms. The van der Waals surface area contributed by atoms with E-state index in [4.69, 9.17) is 14.3 Å². The molecule has 0 amide bonds. The van der Waals surface area contributed by atoms with E-state index < -0.39 is 22.3 Å². The number of hydrogen-bond donors (Lipinski definition) is 1. The van der Waals surface area contributed by atoms with Crippen LogP contribution in [-0.2, 0) is 9.63 Å². The number of ether oxygens (including phenoxy) is 2. The number of nitro benzene ring substituents is 1. The Morgan fingerprint density at radius 3 is 2.59 bits per heavy atom. The minimum atomic E-state index is -0.745. The Morgan fingerprint density at radius 1 is 1.19 bits per heavy atom. The fraction of sp³-hybridized carbons (Fsp3) is 0.111. The normalized spacial score (nSPS) is 14.7. The minimum Gasteiger partial charge on any atom is -0.502 e. The lowest BCUT2D eigenvalue weighted by Gasteiger charge is -2.09. The summed E-state index contributed by atoms with van der Waals surface area (Å²) >= 11 is 0. The van der Waals surface area contributed by atoms with E-state index in [1.807, 2.05) is 0 Å². The highest BCUT2D eigenvalue weighted by Crippen LogP contribution is 2.33. The first-order valence-corrected chi connectivity index (χ1v) is 7.66. The van der Waals surface area contributed by atoms with Gasteiger partial charge in [-0.1, -0.05) is 17.3 Å². The second-order valence-corrected chi connectivity index (χ2v) is 5.42. The highest BCUT2D eigenvalue weighted by molar-refractivity contribution is 6.31. The molecule has 0 radical (unpaired) electrons. The summed E-state index contributed by atoms with van der Waals surface area (Å²) in [7, 11) is 2.96. The molecule has 0 saturated carbocycles. The molecule has 1 N–H and O–H groups in total. The van der Waals surface area contributed by atoms with Crippen LogP contribution in [0.5, 0.6) is 17.2 Å². The number of phenolic OH excluding ortho intramolecular Hbond substituents is 1. The second-order valence-electron chi connectivity index (χ2n) is 5.42. The number of nitrogens with zero attached hydrogens (tertiary/aromatic N) is 2. The third kappa shape index (κ3) is 3.30. The summed E-state index contributed by atoms with van der Waals surface area (Å²) in [4.78, 5) is 27.1. The van der Waals surface area contributed by atoms with Gasteiger partial charge in [0.2, 0.25) is 5.75 Å². The molecule has 0 unspecified atom stereocenters. The Balaban J connectivity index is 2.07. The van der Waals surface area contributed by atoms with E-state index in [9.17, 15) is 20.0 Å². The number of phenols is 1. The van der Waals surface area contributed by atoms with Gasteiger partial charge < -0.3 is 19.4 Å². The molecule has 9 nitrogen and oxygen atoms in total. The fourth-order valence-electron chi connectivity index (χ4n) is 2.57. The molecule has 1 aliphatic heterocycles. The smallest absolute Gasteiger partial charge is 0.368 e. The third-order valence-electron chi connectivity index (χ3n) is 3.89. The average Bonchev–Trinajstić information content (AvgIpc) is 3.03. The van der Waals surface area contributed by atoms with E-state index in [0.29, 0.717) is 17.1 Å². The number of carbonyl (C=O) groups is 1. The van der Waals surface area contributed by atoms with Gasteiger partial charge in [-0.2, -0.15) is 0 Å². The van der Waals surface area contributed by atoms with Gasteiger partial charge in [-0.05, 0) is 24.3 Å². The number of methoxy groups -OCH3 is 2. The Labute approximate surface area is 153 Å². The molecular weight excluding hydrogens is 356 g/mol. The van der Waals surface area contributed by atoms with Crippen molar-refractivity contribution in [1.82, 2.24) is 0 Å². The average molecular weight is 370 g/mol. The lowest BCUT2D eigenvalue weighted by molar-refractivity contribution is -0.385. The van der Waals surface area contributed by atoms with Crippen molar-refractivity contribution >= 4 is 23.4 Å². The molecule has 2 aromatic rings. The number of para-hydroxylation sites is 1. The van der Waals surface area contributed by atoms with Crippen LogP contribution in [0.1, 0.15) is 11.1 Å². The second kappa shape index (κ2) is 7.16.